The van der Waals surface area contributed by atoms with E-state index in [0.717, 1.165) is 6.42 Å². The Kier molecular flexibility index (Phi) is 3.36. The third-order valence-corrected chi connectivity index (χ3v) is 4.44. The second kappa shape index (κ2) is 5.65. The molecule has 3 aromatic carbocycles. The SMILES string of the molecule is C(=C\c1ccccc1)/CC1c2ccccc2-c2ccccc21. The molecule has 0 amide bonds. The zero-order chi connectivity index (χ0) is 14.8. The molecule has 0 saturated carbocycles. The smallest absolute Gasteiger partial charge is 0.0136 e. The van der Waals surface area contributed by atoms with Crippen molar-refractivity contribution in [2.45, 2.75) is 12.3 Å². The van der Waals surface area contributed by atoms with Crippen LogP contribution in [-0.4, -0.2) is 0 Å². The van der Waals surface area contributed by atoms with Crippen molar-refractivity contribution in [1.29, 1.82) is 0 Å². The molecule has 1 aliphatic carbocycles. The highest BCUT2D eigenvalue weighted by Gasteiger charge is 2.26. The molecule has 0 saturated heterocycles. The van der Waals surface area contributed by atoms with Crippen molar-refractivity contribution in [1.82, 2.24) is 0 Å². The summed E-state index contributed by atoms with van der Waals surface area (Å²) >= 11 is 0. The van der Waals surface area contributed by atoms with Crippen LogP contribution in [0.4, 0.5) is 0 Å². The van der Waals surface area contributed by atoms with Gasteiger partial charge in [-0.1, -0.05) is 91.0 Å². The fraction of sp³-hybridized carbons (Fsp3) is 0.0909. The summed E-state index contributed by atoms with van der Waals surface area (Å²) in [6.07, 6.45) is 5.57. The molecule has 106 valence electrons. The monoisotopic (exact) mass is 282 g/mol. The molecule has 3 aromatic rings. The lowest BCUT2D eigenvalue weighted by atomic mass is 9.93. The number of rotatable bonds is 3. The molecule has 0 aromatic heterocycles. The van der Waals surface area contributed by atoms with Crippen LogP contribution >= 0.6 is 0 Å². The number of fused-ring (bicyclic) bond motifs is 3. The third kappa shape index (κ3) is 2.27. The van der Waals surface area contributed by atoms with E-state index in [4.69, 9.17) is 0 Å². The van der Waals surface area contributed by atoms with Crippen LogP contribution in [-0.2, 0) is 0 Å². The first-order valence-corrected chi connectivity index (χ1v) is 7.83. The minimum absolute atomic E-state index is 0.479. The van der Waals surface area contributed by atoms with Crippen LogP contribution in [0.1, 0.15) is 29.0 Å². The fourth-order valence-electron chi connectivity index (χ4n) is 3.42. The van der Waals surface area contributed by atoms with Gasteiger partial charge in [-0.15, -0.1) is 0 Å². The second-order valence-corrected chi connectivity index (χ2v) is 5.78. The zero-order valence-corrected chi connectivity index (χ0v) is 12.4. The topological polar surface area (TPSA) is 0 Å². The van der Waals surface area contributed by atoms with Crippen molar-refractivity contribution in [3.05, 3.63) is 102 Å². The van der Waals surface area contributed by atoms with E-state index in [1.54, 1.807) is 0 Å². The molecule has 0 fully saturated rings. The molecule has 0 bridgehead atoms. The Morgan fingerprint density at radius 3 is 1.82 bits per heavy atom. The Bertz CT molecular complexity index is 767. The molecule has 1 aliphatic rings. The van der Waals surface area contributed by atoms with Gasteiger partial charge < -0.3 is 0 Å². The van der Waals surface area contributed by atoms with E-state index >= 15 is 0 Å². The quantitative estimate of drug-likeness (QED) is 0.561. The van der Waals surface area contributed by atoms with Crippen molar-refractivity contribution in [2.75, 3.05) is 0 Å². The summed E-state index contributed by atoms with van der Waals surface area (Å²) in [5.41, 5.74) is 6.98. The molecule has 0 atom stereocenters. The Hall–Kier alpha value is -2.60. The van der Waals surface area contributed by atoms with Gasteiger partial charge in [0.2, 0.25) is 0 Å². The van der Waals surface area contributed by atoms with Gasteiger partial charge in [0.15, 0.2) is 0 Å². The lowest BCUT2D eigenvalue weighted by Gasteiger charge is -2.10. The van der Waals surface area contributed by atoms with Gasteiger partial charge in [-0.25, -0.2) is 0 Å². The van der Waals surface area contributed by atoms with Gasteiger partial charge in [-0.2, -0.15) is 0 Å². The lowest BCUT2D eigenvalue weighted by Crippen LogP contribution is -1.94. The van der Waals surface area contributed by atoms with Crippen molar-refractivity contribution < 1.29 is 0 Å². The molecule has 4 rings (SSSR count). The summed E-state index contributed by atoms with van der Waals surface area (Å²) in [6, 6.07) is 28.1. The van der Waals surface area contributed by atoms with Crippen LogP contribution in [0.15, 0.2) is 84.9 Å². The van der Waals surface area contributed by atoms with Crippen molar-refractivity contribution in [3.8, 4) is 11.1 Å². The van der Waals surface area contributed by atoms with Crippen LogP contribution in [0.5, 0.6) is 0 Å². The number of hydrogen-bond donors (Lipinski definition) is 0. The van der Waals surface area contributed by atoms with Crippen molar-refractivity contribution in [2.24, 2.45) is 0 Å². The van der Waals surface area contributed by atoms with Crippen molar-refractivity contribution >= 4 is 6.08 Å². The highest BCUT2D eigenvalue weighted by molar-refractivity contribution is 5.78. The minimum atomic E-state index is 0.479. The normalized spacial score (nSPS) is 13.3. The molecule has 0 heteroatoms. The van der Waals surface area contributed by atoms with E-state index < -0.39 is 0 Å². The summed E-state index contributed by atoms with van der Waals surface area (Å²) in [7, 11) is 0. The van der Waals surface area contributed by atoms with Crippen LogP contribution in [0.2, 0.25) is 0 Å². The van der Waals surface area contributed by atoms with Crippen LogP contribution < -0.4 is 0 Å². The first-order chi connectivity index (χ1) is 10.9. The van der Waals surface area contributed by atoms with Gasteiger partial charge in [0.05, 0.1) is 0 Å². The molecule has 0 spiro atoms. The predicted octanol–water partition coefficient (Wildman–Crippen LogP) is 5.90. The maximum Gasteiger partial charge on any atom is 0.0136 e. The van der Waals surface area contributed by atoms with Gasteiger partial charge in [0.1, 0.15) is 0 Å². The first-order valence-electron chi connectivity index (χ1n) is 7.83. The van der Waals surface area contributed by atoms with Gasteiger partial charge in [0.25, 0.3) is 0 Å². The average molecular weight is 282 g/mol. The van der Waals surface area contributed by atoms with Crippen LogP contribution in [0, 0.1) is 0 Å². The summed E-state index contributed by atoms with van der Waals surface area (Å²) < 4.78 is 0. The zero-order valence-electron chi connectivity index (χ0n) is 12.4. The van der Waals surface area contributed by atoms with Crippen molar-refractivity contribution in [3.63, 3.8) is 0 Å². The molecular weight excluding hydrogens is 264 g/mol. The van der Waals surface area contributed by atoms with E-state index in [-0.39, 0.29) is 0 Å². The number of hydrogen-bond acceptors (Lipinski definition) is 0. The predicted molar refractivity (Wildman–Crippen MR) is 93.8 cm³/mol. The summed E-state index contributed by atoms with van der Waals surface area (Å²) in [6.45, 7) is 0. The Balaban J connectivity index is 1.66. The largest absolute Gasteiger partial charge is 0.0830 e. The van der Waals surface area contributed by atoms with E-state index in [2.05, 4.69) is 91.0 Å². The Morgan fingerprint density at radius 1 is 0.636 bits per heavy atom. The van der Waals surface area contributed by atoms with E-state index in [9.17, 15) is 0 Å². The first kappa shape index (κ1) is 13.1. The number of allylic oxidation sites excluding steroid dienone is 1. The highest BCUT2D eigenvalue weighted by Crippen LogP contribution is 2.46. The molecule has 22 heavy (non-hydrogen) atoms. The maximum atomic E-state index is 2.30. The maximum absolute atomic E-state index is 2.30. The lowest BCUT2D eigenvalue weighted by molar-refractivity contribution is 0.857. The number of benzene rings is 3. The van der Waals surface area contributed by atoms with Crippen LogP contribution in [0.25, 0.3) is 17.2 Å². The standard InChI is InChI=1S/C22H18/c1-2-9-17(10-3-1)11-8-16-22-20-14-6-4-12-18(20)19-13-5-7-15-21(19)22/h1-15,22H,16H2/b11-8+. The molecule has 0 N–H and O–H groups in total. The summed E-state index contributed by atoms with van der Waals surface area (Å²) in [4.78, 5) is 0. The highest BCUT2D eigenvalue weighted by atomic mass is 14.3. The van der Waals surface area contributed by atoms with E-state index in [1.807, 2.05) is 0 Å². The van der Waals surface area contributed by atoms with E-state index in [1.165, 1.54) is 27.8 Å². The van der Waals surface area contributed by atoms with Gasteiger partial charge in [-0.3, -0.25) is 0 Å². The van der Waals surface area contributed by atoms with Crippen LogP contribution in [0.3, 0.4) is 0 Å². The second-order valence-electron chi connectivity index (χ2n) is 5.78. The van der Waals surface area contributed by atoms with Gasteiger partial charge in [-0.05, 0) is 34.2 Å². The Morgan fingerprint density at radius 2 is 1.18 bits per heavy atom. The Labute approximate surface area is 131 Å². The fourth-order valence-corrected chi connectivity index (χ4v) is 3.42. The summed E-state index contributed by atoms with van der Waals surface area (Å²) in [5, 5.41) is 0. The minimum Gasteiger partial charge on any atom is -0.0830 e. The molecule has 0 heterocycles. The average Bonchev–Trinajstić information content (AvgIpc) is 2.91. The molecule has 0 aliphatic heterocycles. The molecule has 0 unspecified atom stereocenters. The van der Waals surface area contributed by atoms with Gasteiger partial charge in [0, 0.05) is 5.92 Å². The van der Waals surface area contributed by atoms with E-state index in [0.29, 0.717) is 5.92 Å². The molecule has 0 radical (unpaired) electrons. The molecular formula is C22H18. The van der Waals surface area contributed by atoms with Gasteiger partial charge >= 0.3 is 0 Å². The summed E-state index contributed by atoms with van der Waals surface area (Å²) in [5.74, 6) is 0.479. The third-order valence-electron chi connectivity index (χ3n) is 4.44. The molecule has 0 nitrogen and oxygen atoms in total.